The zero-order chi connectivity index (χ0) is 23.2. The van der Waals surface area contributed by atoms with Crippen molar-refractivity contribution in [3.63, 3.8) is 0 Å². The minimum Gasteiger partial charge on any atom is -0.388 e. The summed E-state index contributed by atoms with van der Waals surface area (Å²) in [6, 6.07) is 9.50. The van der Waals surface area contributed by atoms with Crippen molar-refractivity contribution in [2.75, 3.05) is 13.1 Å². The number of fused-ring (bicyclic) bond motifs is 1. The number of aliphatic hydroxyl groups is 1. The van der Waals surface area contributed by atoms with Crippen LogP contribution in [0.5, 0.6) is 0 Å². The topological polar surface area (TPSA) is 106 Å². The molecule has 1 aromatic carbocycles. The van der Waals surface area contributed by atoms with Crippen LogP contribution in [0.2, 0.25) is 0 Å². The van der Waals surface area contributed by atoms with E-state index in [1.165, 1.54) is 28.4 Å². The Hall–Kier alpha value is -3.37. The fourth-order valence-corrected chi connectivity index (χ4v) is 5.18. The Morgan fingerprint density at radius 3 is 2.58 bits per heavy atom. The molecule has 4 heterocycles. The van der Waals surface area contributed by atoms with Gasteiger partial charge in [-0.05, 0) is 38.8 Å². The first-order valence-corrected chi connectivity index (χ1v) is 11.6. The summed E-state index contributed by atoms with van der Waals surface area (Å²) in [7, 11) is 0. The van der Waals surface area contributed by atoms with Gasteiger partial charge in [0, 0.05) is 13.1 Å². The number of aryl methyl sites for hydroxylation is 2. The molecule has 1 N–H and O–H groups in total. The molecule has 1 aliphatic rings. The molecule has 170 valence electrons. The van der Waals surface area contributed by atoms with Gasteiger partial charge in [0.25, 0.3) is 11.5 Å². The van der Waals surface area contributed by atoms with E-state index < -0.39 is 5.60 Å². The van der Waals surface area contributed by atoms with Crippen molar-refractivity contribution in [2.45, 2.75) is 38.8 Å². The molecule has 0 spiro atoms. The number of nitrogens with zero attached hydrogens (tertiary/aromatic N) is 6. The summed E-state index contributed by atoms with van der Waals surface area (Å²) in [5.41, 5.74) is 0.698. The number of aromatic nitrogens is 5. The van der Waals surface area contributed by atoms with Gasteiger partial charge in [-0.1, -0.05) is 18.2 Å². The maximum absolute atomic E-state index is 13.1. The summed E-state index contributed by atoms with van der Waals surface area (Å²) < 4.78 is 3.07. The maximum atomic E-state index is 13.1. The zero-order valence-corrected chi connectivity index (χ0v) is 19.2. The lowest BCUT2D eigenvalue weighted by Crippen LogP contribution is -2.49. The van der Waals surface area contributed by atoms with Crippen molar-refractivity contribution in [1.82, 2.24) is 29.2 Å². The number of thiazole rings is 1. The van der Waals surface area contributed by atoms with Crippen LogP contribution in [0.1, 0.15) is 33.2 Å². The van der Waals surface area contributed by atoms with E-state index in [0.29, 0.717) is 41.8 Å². The van der Waals surface area contributed by atoms with Gasteiger partial charge in [0.1, 0.15) is 16.6 Å². The van der Waals surface area contributed by atoms with Crippen molar-refractivity contribution in [3.8, 4) is 5.69 Å². The molecular formula is C23H24N6O3S. The van der Waals surface area contributed by atoms with Crippen LogP contribution in [0, 0.1) is 13.8 Å². The SMILES string of the molecule is Cc1nc(C)c(C(=O)N2CCC(O)(Cn3cnc4c(cnn4-c4ccccc4)c3=O)CC2)s1. The molecule has 4 aromatic rings. The van der Waals surface area contributed by atoms with Crippen molar-refractivity contribution >= 4 is 28.3 Å². The smallest absolute Gasteiger partial charge is 0.265 e. The third kappa shape index (κ3) is 3.96. The van der Waals surface area contributed by atoms with Crippen molar-refractivity contribution in [3.05, 3.63) is 68.8 Å². The molecule has 0 saturated carbocycles. The zero-order valence-electron chi connectivity index (χ0n) is 18.4. The second-order valence-electron chi connectivity index (χ2n) is 8.47. The lowest BCUT2D eigenvalue weighted by atomic mass is 9.91. The van der Waals surface area contributed by atoms with Gasteiger partial charge in [-0.25, -0.2) is 14.6 Å². The first kappa shape index (κ1) is 21.5. The lowest BCUT2D eigenvalue weighted by Gasteiger charge is -2.38. The molecule has 1 fully saturated rings. The number of benzene rings is 1. The van der Waals surface area contributed by atoms with Gasteiger partial charge in [0.05, 0.1) is 34.7 Å². The highest BCUT2D eigenvalue weighted by molar-refractivity contribution is 7.13. The Morgan fingerprint density at radius 2 is 1.91 bits per heavy atom. The Morgan fingerprint density at radius 1 is 1.18 bits per heavy atom. The summed E-state index contributed by atoms with van der Waals surface area (Å²) in [5, 5.41) is 16.8. The summed E-state index contributed by atoms with van der Waals surface area (Å²) in [4.78, 5) is 37.1. The molecule has 10 heteroatoms. The standard InChI is InChI=1S/C23H24N6O3S/c1-15-19(33-16(2)26-15)22(31)27-10-8-23(32,9-11-27)13-28-14-24-20-18(21(28)30)12-25-29(20)17-6-4-3-5-7-17/h3-7,12,14,32H,8-11,13H2,1-2H3. The molecular weight excluding hydrogens is 440 g/mol. The third-order valence-corrected chi connectivity index (χ3v) is 7.16. The highest BCUT2D eigenvalue weighted by Crippen LogP contribution is 2.27. The third-order valence-electron chi connectivity index (χ3n) is 6.10. The normalized spacial score (nSPS) is 15.8. The van der Waals surface area contributed by atoms with Crippen molar-refractivity contribution in [2.24, 2.45) is 0 Å². The lowest BCUT2D eigenvalue weighted by molar-refractivity contribution is -0.0298. The molecule has 0 radical (unpaired) electrons. The van der Waals surface area contributed by atoms with Crippen LogP contribution < -0.4 is 5.56 Å². The van der Waals surface area contributed by atoms with Crippen molar-refractivity contribution in [1.29, 1.82) is 0 Å². The highest BCUT2D eigenvalue weighted by atomic mass is 32.1. The number of hydrogen-bond acceptors (Lipinski definition) is 7. The van der Waals surface area contributed by atoms with E-state index in [4.69, 9.17) is 0 Å². The maximum Gasteiger partial charge on any atom is 0.265 e. The fourth-order valence-electron chi connectivity index (χ4n) is 4.29. The van der Waals surface area contributed by atoms with Gasteiger partial charge >= 0.3 is 0 Å². The van der Waals surface area contributed by atoms with Crippen LogP contribution in [0.3, 0.4) is 0 Å². The highest BCUT2D eigenvalue weighted by Gasteiger charge is 2.35. The number of carbonyl (C=O) groups excluding carboxylic acids is 1. The van der Waals surface area contributed by atoms with Gasteiger partial charge in [-0.2, -0.15) is 5.10 Å². The second-order valence-corrected chi connectivity index (χ2v) is 9.67. The van der Waals surface area contributed by atoms with Gasteiger partial charge in [-0.15, -0.1) is 11.3 Å². The average Bonchev–Trinajstić information content (AvgIpc) is 3.39. The Bertz CT molecular complexity index is 1380. The first-order chi connectivity index (χ1) is 15.8. The minimum atomic E-state index is -1.09. The molecule has 1 aliphatic heterocycles. The molecule has 0 bridgehead atoms. The van der Waals surface area contributed by atoms with Gasteiger partial charge < -0.3 is 10.0 Å². The van der Waals surface area contributed by atoms with E-state index in [1.807, 2.05) is 44.2 Å². The number of piperidine rings is 1. The van der Waals surface area contributed by atoms with E-state index in [0.717, 1.165) is 16.4 Å². The Kier molecular flexibility index (Phi) is 5.34. The molecule has 9 nitrogen and oxygen atoms in total. The molecule has 1 amide bonds. The summed E-state index contributed by atoms with van der Waals surface area (Å²) >= 11 is 1.40. The Balaban J connectivity index is 1.33. The van der Waals surface area contributed by atoms with Crippen LogP contribution in [0.15, 0.2) is 47.7 Å². The van der Waals surface area contributed by atoms with E-state index in [2.05, 4.69) is 15.1 Å². The molecule has 1 saturated heterocycles. The van der Waals surface area contributed by atoms with Crippen LogP contribution in [0.25, 0.3) is 16.7 Å². The van der Waals surface area contributed by atoms with Gasteiger partial charge in [0.15, 0.2) is 5.65 Å². The van der Waals surface area contributed by atoms with Crippen LogP contribution in [0.4, 0.5) is 0 Å². The average molecular weight is 465 g/mol. The number of likely N-dealkylation sites (tertiary alicyclic amines) is 1. The molecule has 5 rings (SSSR count). The summed E-state index contributed by atoms with van der Waals surface area (Å²) in [6.45, 7) is 4.68. The molecule has 0 atom stereocenters. The number of carbonyl (C=O) groups is 1. The van der Waals surface area contributed by atoms with E-state index in [9.17, 15) is 14.7 Å². The van der Waals surface area contributed by atoms with Gasteiger partial charge in [0.2, 0.25) is 0 Å². The number of para-hydroxylation sites is 1. The van der Waals surface area contributed by atoms with Crippen LogP contribution in [-0.2, 0) is 6.54 Å². The second kappa shape index (κ2) is 8.20. The molecule has 33 heavy (non-hydrogen) atoms. The van der Waals surface area contributed by atoms with E-state index >= 15 is 0 Å². The molecule has 0 aliphatic carbocycles. The number of hydrogen-bond donors (Lipinski definition) is 1. The molecule has 0 unspecified atom stereocenters. The molecule has 3 aromatic heterocycles. The van der Waals surface area contributed by atoms with Gasteiger partial charge in [-0.3, -0.25) is 14.2 Å². The first-order valence-electron chi connectivity index (χ1n) is 10.8. The predicted octanol–water partition coefficient (Wildman–Crippen LogP) is 2.32. The van der Waals surface area contributed by atoms with Crippen LogP contribution in [-0.4, -0.2) is 58.9 Å². The fraction of sp³-hybridized carbons (Fsp3) is 0.348. The summed E-state index contributed by atoms with van der Waals surface area (Å²) in [6.07, 6.45) is 3.73. The van der Waals surface area contributed by atoms with Crippen molar-refractivity contribution < 1.29 is 9.90 Å². The van der Waals surface area contributed by atoms with E-state index in [1.54, 1.807) is 9.58 Å². The number of amides is 1. The van der Waals surface area contributed by atoms with E-state index in [-0.39, 0.29) is 18.0 Å². The monoisotopic (exact) mass is 464 g/mol. The Labute approximate surface area is 193 Å². The predicted molar refractivity (Wildman–Crippen MR) is 125 cm³/mol. The quantitative estimate of drug-likeness (QED) is 0.497. The van der Waals surface area contributed by atoms with Crippen LogP contribution >= 0.6 is 11.3 Å². The largest absolute Gasteiger partial charge is 0.388 e. The summed E-state index contributed by atoms with van der Waals surface area (Å²) in [5.74, 6) is -0.0475. The minimum absolute atomic E-state index is 0.0475. The number of rotatable bonds is 4.